The highest BCUT2D eigenvalue weighted by atomic mass is 32.2. The van der Waals surface area contributed by atoms with Gasteiger partial charge in [0.05, 0.1) is 5.69 Å². The van der Waals surface area contributed by atoms with Crippen molar-refractivity contribution >= 4 is 21.4 Å². The summed E-state index contributed by atoms with van der Waals surface area (Å²) in [6.07, 6.45) is 4.58. The lowest BCUT2D eigenvalue weighted by Crippen LogP contribution is -2.13. The van der Waals surface area contributed by atoms with Gasteiger partial charge in [0.25, 0.3) is 10.0 Å². The van der Waals surface area contributed by atoms with Gasteiger partial charge in [-0.05, 0) is 48.6 Å². The van der Waals surface area contributed by atoms with Crippen LogP contribution < -0.4 is 0 Å². The molecule has 108 valence electrons. The lowest BCUT2D eigenvalue weighted by molar-refractivity contribution is 0.587. The molecule has 21 heavy (non-hydrogen) atoms. The first-order chi connectivity index (χ1) is 10.00. The molecule has 3 aromatic heterocycles. The molecule has 0 N–H and O–H groups in total. The minimum absolute atomic E-state index is 0.190. The van der Waals surface area contributed by atoms with Gasteiger partial charge in [-0.1, -0.05) is 0 Å². The van der Waals surface area contributed by atoms with Crippen LogP contribution in [0.1, 0.15) is 11.1 Å². The molecule has 0 atom stereocenters. The predicted molar refractivity (Wildman–Crippen MR) is 84.0 cm³/mol. The van der Waals surface area contributed by atoms with Crippen LogP contribution in [0.2, 0.25) is 0 Å². The van der Waals surface area contributed by atoms with Gasteiger partial charge >= 0.3 is 0 Å². The molecule has 0 aromatic carbocycles. The number of thiophene rings is 1. The number of aryl methyl sites for hydroxylation is 2. The molecule has 0 aliphatic carbocycles. The fourth-order valence-electron chi connectivity index (χ4n) is 2.20. The largest absolute Gasteiger partial charge is 0.269 e. The molecule has 6 heteroatoms. The van der Waals surface area contributed by atoms with Gasteiger partial charge in [0, 0.05) is 29.5 Å². The molecule has 0 saturated heterocycles. The normalized spacial score (nSPS) is 11.7. The lowest BCUT2D eigenvalue weighted by atomic mass is 10.1. The fraction of sp³-hybridized carbons (Fsp3) is 0.133. The fourth-order valence-corrected chi connectivity index (χ4v) is 4.43. The molecule has 0 aliphatic rings. The van der Waals surface area contributed by atoms with Crippen LogP contribution in [0.5, 0.6) is 0 Å². The first kappa shape index (κ1) is 14.0. The van der Waals surface area contributed by atoms with Gasteiger partial charge in [-0.25, -0.2) is 12.4 Å². The molecule has 3 rings (SSSR count). The van der Waals surface area contributed by atoms with Gasteiger partial charge in [0.1, 0.15) is 4.90 Å². The Morgan fingerprint density at radius 3 is 2.67 bits per heavy atom. The van der Waals surface area contributed by atoms with Gasteiger partial charge in [-0.2, -0.15) is 11.3 Å². The van der Waals surface area contributed by atoms with E-state index in [1.54, 1.807) is 35.9 Å². The second-order valence-electron chi connectivity index (χ2n) is 4.86. The molecular formula is C15H14N2O2S2. The minimum Gasteiger partial charge on any atom is -0.263 e. The Balaban J connectivity index is 2.23. The summed E-state index contributed by atoms with van der Waals surface area (Å²) in [5.74, 6) is 0. The zero-order valence-corrected chi connectivity index (χ0v) is 13.3. The van der Waals surface area contributed by atoms with E-state index in [0.717, 1.165) is 16.7 Å². The van der Waals surface area contributed by atoms with Crippen molar-refractivity contribution in [3.8, 4) is 11.3 Å². The van der Waals surface area contributed by atoms with Crippen molar-refractivity contribution in [2.45, 2.75) is 18.7 Å². The molecule has 0 radical (unpaired) electrons. The van der Waals surface area contributed by atoms with Crippen molar-refractivity contribution in [1.82, 2.24) is 8.96 Å². The van der Waals surface area contributed by atoms with Crippen LogP contribution >= 0.6 is 11.3 Å². The molecule has 4 nitrogen and oxygen atoms in total. The van der Waals surface area contributed by atoms with Gasteiger partial charge in [0.2, 0.25) is 0 Å². The minimum atomic E-state index is -3.63. The summed E-state index contributed by atoms with van der Waals surface area (Å²) in [5.41, 5.74) is 3.61. The van der Waals surface area contributed by atoms with Gasteiger partial charge in [0.15, 0.2) is 0 Å². The van der Waals surface area contributed by atoms with Gasteiger partial charge in [-0.15, -0.1) is 0 Å². The summed E-state index contributed by atoms with van der Waals surface area (Å²) in [6.45, 7) is 3.87. The SMILES string of the molecule is Cc1cc(-c2cscc2C)n(S(=O)(=O)c2cccnc2)c1. The van der Waals surface area contributed by atoms with Crippen molar-refractivity contribution < 1.29 is 8.42 Å². The van der Waals surface area contributed by atoms with E-state index in [4.69, 9.17) is 0 Å². The maximum absolute atomic E-state index is 12.8. The van der Waals surface area contributed by atoms with Crippen molar-refractivity contribution in [2.24, 2.45) is 0 Å². The molecule has 0 spiro atoms. The number of rotatable bonds is 3. The Labute approximate surface area is 127 Å². The van der Waals surface area contributed by atoms with Crippen LogP contribution in [-0.4, -0.2) is 17.4 Å². The van der Waals surface area contributed by atoms with E-state index < -0.39 is 10.0 Å². The highest BCUT2D eigenvalue weighted by Gasteiger charge is 2.22. The van der Waals surface area contributed by atoms with Crippen LogP contribution in [0.4, 0.5) is 0 Å². The summed E-state index contributed by atoms with van der Waals surface area (Å²) >= 11 is 1.56. The summed E-state index contributed by atoms with van der Waals surface area (Å²) in [5, 5.41) is 3.98. The lowest BCUT2D eigenvalue weighted by Gasteiger charge is -2.10. The Kier molecular flexibility index (Phi) is 3.43. The topological polar surface area (TPSA) is 52.0 Å². The van der Waals surface area contributed by atoms with Crippen molar-refractivity contribution in [3.63, 3.8) is 0 Å². The first-order valence-corrected chi connectivity index (χ1v) is 8.76. The highest BCUT2D eigenvalue weighted by Crippen LogP contribution is 2.31. The number of hydrogen-bond acceptors (Lipinski definition) is 4. The number of pyridine rings is 1. The van der Waals surface area contributed by atoms with Crippen molar-refractivity contribution in [3.05, 3.63) is 58.7 Å². The van der Waals surface area contributed by atoms with Crippen molar-refractivity contribution in [1.29, 1.82) is 0 Å². The molecule has 0 saturated carbocycles. The molecule has 3 heterocycles. The average molecular weight is 318 g/mol. The second kappa shape index (κ2) is 5.13. The monoisotopic (exact) mass is 318 g/mol. The third-order valence-corrected chi connectivity index (χ3v) is 5.76. The molecular weight excluding hydrogens is 304 g/mol. The van der Waals surface area contributed by atoms with Crippen molar-refractivity contribution in [2.75, 3.05) is 0 Å². The number of nitrogens with zero attached hydrogens (tertiary/aromatic N) is 2. The Bertz CT molecular complexity index is 878. The summed E-state index contributed by atoms with van der Waals surface area (Å²) < 4.78 is 26.9. The molecule has 0 unspecified atom stereocenters. The molecule has 0 aliphatic heterocycles. The van der Waals surface area contributed by atoms with Gasteiger partial charge in [-0.3, -0.25) is 4.98 Å². The Morgan fingerprint density at radius 1 is 1.24 bits per heavy atom. The van der Waals surface area contributed by atoms with E-state index in [0.29, 0.717) is 5.69 Å². The Morgan fingerprint density at radius 2 is 2.05 bits per heavy atom. The standard InChI is InChI=1S/C15H14N2O2S2/c1-11-6-15(14-10-20-9-12(14)2)17(8-11)21(18,19)13-4-3-5-16-7-13/h3-10H,1-2H3. The third-order valence-electron chi connectivity index (χ3n) is 3.25. The van der Waals surface area contributed by atoms with Gasteiger partial charge < -0.3 is 0 Å². The molecule has 0 fully saturated rings. The molecule has 0 amide bonds. The van der Waals surface area contributed by atoms with Crippen LogP contribution in [0, 0.1) is 13.8 Å². The zero-order chi connectivity index (χ0) is 15.0. The van der Waals surface area contributed by atoms with E-state index in [-0.39, 0.29) is 4.90 Å². The Hall–Kier alpha value is -1.92. The van der Waals surface area contributed by atoms with Crippen LogP contribution in [0.3, 0.4) is 0 Å². The van der Waals surface area contributed by atoms with Crippen LogP contribution in [0.25, 0.3) is 11.3 Å². The predicted octanol–water partition coefficient (Wildman–Crippen LogP) is 3.47. The maximum Gasteiger partial charge on any atom is 0.269 e. The van der Waals surface area contributed by atoms with E-state index >= 15 is 0 Å². The second-order valence-corrected chi connectivity index (χ2v) is 7.42. The maximum atomic E-state index is 12.8. The van der Waals surface area contributed by atoms with E-state index in [9.17, 15) is 8.42 Å². The summed E-state index contributed by atoms with van der Waals surface area (Å²) in [7, 11) is -3.63. The van der Waals surface area contributed by atoms with E-state index in [1.807, 2.05) is 30.7 Å². The van der Waals surface area contributed by atoms with E-state index in [1.165, 1.54) is 10.2 Å². The van der Waals surface area contributed by atoms with Crippen LogP contribution in [0.15, 0.2) is 52.4 Å². The smallest absolute Gasteiger partial charge is 0.263 e. The first-order valence-electron chi connectivity index (χ1n) is 6.38. The zero-order valence-electron chi connectivity index (χ0n) is 11.6. The number of aromatic nitrogens is 2. The highest BCUT2D eigenvalue weighted by molar-refractivity contribution is 7.90. The quantitative estimate of drug-likeness (QED) is 0.743. The summed E-state index contributed by atoms with van der Waals surface area (Å²) in [6, 6.07) is 5.07. The number of hydrogen-bond donors (Lipinski definition) is 0. The average Bonchev–Trinajstić information content (AvgIpc) is 3.05. The summed E-state index contributed by atoms with van der Waals surface area (Å²) in [4.78, 5) is 4.09. The van der Waals surface area contributed by atoms with Crippen LogP contribution in [-0.2, 0) is 10.0 Å². The molecule has 0 bridgehead atoms. The third kappa shape index (κ3) is 2.41. The molecule has 3 aromatic rings. The van der Waals surface area contributed by atoms with E-state index in [2.05, 4.69) is 4.98 Å².